The van der Waals surface area contributed by atoms with Crippen LogP contribution in [-0.2, 0) is 13.0 Å². The number of hydrogen-bond acceptors (Lipinski definition) is 6. The van der Waals surface area contributed by atoms with Gasteiger partial charge in [-0.2, -0.15) is 0 Å². The van der Waals surface area contributed by atoms with E-state index in [0.717, 1.165) is 37.6 Å². The van der Waals surface area contributed by atoms with Crippen LogP contribution in [0.4, 0.5) is 11.4 Å². The molecule has 3 rings (SSSR count). The molecule has 0 spiro atoms. The zero-order valence-corrected chi connectivity index (χ0v) is 15.7. The second kappa shape index (κ2) is 8.18. The number of carbonyl (C=O) groups is 1. The van der Waals surface area contributed by atoms with Gasteiger partial charge in [0, 0.05) is 37.6 Å². The number of benzene rings is 2. The van der Waals surface area contributed by atoms with Crippen LogP contribution < -0.4 is 26.3 Å². The number of carbonyl (C=O) groups excluding carboxylic acids is 1. The van der Waals surface area contributed by atoms with E-state index in [1.807, 2.05) is 6.07 Å². The Hall–Kier alpha value is -2.93. The van der Waals surface area contributed by atoms with Crippen LogP contribution in [0.5, 0.6) is 11.5 Å². The van der Waals surface area contributed by atoms with Gasteiger partial charge in [0.1, 0.15) is 0 Å². The number of nitrogens with zero attached hydrogens (tertiary/aromatic N) is 1. The zero-order valence-electron chi connectivity index (χ0n) is 15.7. The fraction of sp³-hybridized carbons (Fsp3) is 0.350. The minimum atomic E-state index is -0.184. The fourth-order valence-corrected chi connectivity index (χ4v) is 3.34. The van der Waals surface area contributed by atoms with Crippen LogP contribution in [0.15, 0.2) is 30.3 Å². The van der Waals surface area contributed by atoms with Crippen LogP contribution in [0.1, 0.15) is 21.5 Å². The van der Waals surface area contributed by atoms with Crippen molar-refractivity contribution in [2.45, 2.75) is 13.0 Å². The van der Waals surface area contributed by atoms with Crippen molar-refractivity contribution < 1.29 is 14.3 Å². The molecule has 7 heteroatoms. The molecular weight excluding hydrogens is 344 g/mol. The molecule has 2 aromatic rings. The van der Waals surface area contributed by atoms with Gasteiger partial charge in [-0.05, 0) is 47.9 Å². The second-order valence-electron chi connectivity index (χ2n) is 6.60. The van der Waals surface area contributed by atoms with Crippen molar-refractivity contribution in [3.63, 3.8) is 0 Å². The highest BCUT2D eigenvalue weighted by atomic mass is 16.5. The Balaban J connectivity index is 1.56. The number of nitrogens with two attached hydrogens (primary N) is 2. The summed E-state index contributed by atoms with van der Waals surface area (Å²) in [6.45, 7) is 3.05. The van der Waals surface area contributed by atoms with Crippen molar-refractivity contribution >= 4 is 17.3 Å². The normalized spacial score (nSPS) is 13.7. The van der Waals surface area contributed by atoms with Gasteiger partial charge in [0.25, 0.3) is 5.91 Å². The molecule has 5 N–H and O–H groups in total. The molecule has 1 heterocycles. The lowest BCUT2D eigenvalue weighted by molar-refractivity contribution is 0.0948. The molecule has 0 atom stereocenters. The number of nitrogen functional groups attached to an aromatic ring is 2. The minimum absolute atomic E-state index is 0.184. The quantitative estimate of drug-likeness (QED) is 0.668. The van der Waals surface area contributed by atoms with E-state index >= 15 is 0 Å². The molecule has 1 amide bonds. The SMILES string of the molecule is COc1cc2c(cc1OC)CN(CCNC(=O)c1ccc(N)cc1N)CC2. The maximum absolute atomic E-state index is 12.3. The molecule has 0 aliphatic carbocycles. The number of anilines is 2. The summed E-state index contributed by atoms with van der Waals surface area (Å²) in [7, 11) is 3.29. The van der Waals surface area contributed by atoms with Gasteiger partial charge in [0.15, 0.2) is 11.5 Å². The minimum Gasteiger partial charge on any atom is -0.493 e. The summed E-state index contributed by atoms with van der Waals surface area (Å²) in [5.74, 6) is 1.32. The van der Waals surface area contributed by atoms with E-state index in [4.69, 9.17) is 20.9 Å². The number of nitrogens with one attached hydrogen (secondary N) is 1. The summed E-state index contributed by atoms with van der Waals surface area (Å²) in [5, 5.41) is 2.93. The highest BCUT2D eigenvalue weighted by Crippen LogP contribution is 2.33. The third kappa shape index (κ3) is 4.25. The van der Waals surface area contributed by atoms with Gasteiger partial charge in [-0.25, -0.2) is 0 Å². The summed E-state index contributed by atoms with van der Waals surface area (Å²) in [6.07, 6.45) is 0.939. The zero-order chi connectivity index (χ0) is 19.4. The summed E-state index contributed by atoms with van der Waals surface area (Å²) in [6, 6.07) is 9.01. The maximum atomic E-state index is 12.3. The van der Waals surface area contributed by atoms with Gasteiger partial charge in [0.05, 0.1) is 19.8 Å². The second-order valence-corrected chi connectivity index (χ2v) is 6.60. The lowest BCUT2D eigenvalue weighted by Gasteiger charge is -2.29. The third-order valence-corrected chi connectivity index (χ3v) is 4.83. The maximum Gasteiger partial charge on any atom is 0.253 e. The molecule has 0 bridgehead atoms. The molecule has 0 fully saturated rings. The number of fused-ring (bicyclic) bond motifs is 1. The lowest BCUT2D eigenvalue weighted by atomic mass is 9.99. The first-order chi connectivity index (χ1) is 13.0. The van der Waals surface area contributed by atoms with E-state index in [2.05, 4.69) is 16.3 Å². The Morgan fingerprint density at radius 2 is 1.81 bits per heavy atom. The third-order valence-electron chi connectivity index (χ3n) is 4.83. The highest BCUT2D eigenvalue weighted by molar-refractivity contribution is 5.99. The van der Waals surface area contributed by atoms with E-state index in [0.29, 0.717) is 23.5 Å². The Kier molecular flexibility index (Phi) is 5.71. The van der Waals surface area contributed by atoms with E-state index in [9.17, 15) is 4.79 Å². The lowest BCUT2D eigenvalue weighted by Crippen LogP contribution is -2.38. The van der Waals surface area contributed by atoms with Crippen molar-refractivity contribution in [1.29, 1.82) is 0 Å². The molecule has 1 aliphatic rings. The first-order valence-corrected chi connectivity index (χ1v) is 8.91. The van der Waals surface area contributed by atoms with Gasteiger partial charge in [-0.15, -0.1) is 0 Å². The molecule has 144 valence electrons. The average molecular weight is 370 g/mol. The number of methoxy groups -OCH3 is 2. The van der Waals surface area contributed by atoms with Crippen LogP contribution >= 0.6 is 0 Å². The molecule has 7 nitrogen and oxygen atoms in total. The topological polar surface area (TPSA) is 103 Å². The van der Waals surface area contributed by atoms with Crippen molar-refractivity contribution in [1.82, 2.24) is 10.2 Å². The van der Waals surface area contributed by atoms with Crippen LogP contribution in [0.2, 0.25) is 0 Å². The molecule has 0 saturated carbocycles. The largest absolute Gasteiger partial charge is 0.493 e. The van der Waals surface area contributed by atoms with E-state index in [-0.39, 0.29) is 5.91 Å². The molecule has 1 aliphatic heterocycles. The van der Waals surface area contributed by atoms with Crippen molar-refractivity contribution in [3.8, 4) is 11.5 Å². The molecule has 0 saturated heterocycles. The molecule has 0 unspecified atom stereocenters. The van der Waals surface area contributed by atoms with Crippen LogP contribution in [0, 0.1) is 0 Å². The summed E-state index contributed by atoms with van der Waals surface area (Å²) >= 11 is 0. The standard InChI is InChI=1S/C20H26N4O3/c1-26-18-9-13-5-7-24(12-14(13)10-19(18)27-2)8-6-23-20(25)16-4-3-15(21)11-17(16)22/h3-4,9-11H,5-8,12,21-22H2,1-2H3,(H,23,25). The van der Waals surface area contributed by atoms with E-state index < -0.39 is 0 Å². The average Bonchev–Trinajstić information content (AvgIpc) is 2.66. The summed E-state index contributed by atoms with van der Waals surface area (Å²) in [5.41, 5.74) is 15.4. The Morgan fingerprint density at radius 3 is 2.48 bits per heavy atom. The Morgan fingerprint density at radius 1 is 1.11 bits per heavy atom. The molecule has 0 radical (unpaired) electrons. The molecule has 2 aromatic carbocycles. The number of amides is 1. The van der Waals surface area contributed by atoms with Crippen molar-refractivity contribution in [3.05, 3.63) is 47.0 Å². The first kappa shape index (κ1) is 18.8. The predicted octanol–water partition coefficient (Wildman–Crippen LogP) is 1.66. The van der Waals surface area contributed by atoms with Gasteiger partial charge < -0.3 is 26.3 Å². The predicted molar refractivity (Wildman–Crippen MR) is 106 cm³/mol. The highest BCUT2D eigenvalue weighted by Gasteiger charge is 2.19. The Bertz CT molecular complexity index is 838. The number of ether oxygens (including phenoxy) is 2. The fourth-order valence-electron chi connectivity index (χ4n) is 3.34. The number of rotatable bonds is 6. The van der Waals surface area contributed by atoms with Gasteiger partial charge in [-0.3, -0.25) is 9.69 Å². The van der Waals surface area contributed by atoms with Crippen LogP contribution in [0.25, 0.3) is 0 Å². The molecular formula is C20H26N4O3. The monoisotopic (exact) mass is 370 g/mol. The summed E-state index contributed by atoms with van der Waals surface area (Å²) < 4.78 is 10.8. The van der Waals surface area contributed by atoms with Gasteiger partial charge in [0.2, 0.25) is 0 Å². The van der Waals surface area contributed by atoms with Crippen LogP contribution in [-0.4, -0.2) is 44.7 Å². The van der Waals surface area contributed by atoms with E-state index in [1.165, 1.54) is 11.1 Å². The smallest absolute Gasteiger partial charge is 0.253 e. The van der Waals surface area contributed by atoms with E-state index in [1.54, 1.807) is 32.4 Å². The van der Waals surface area contributed by atoms with Gasteiger partial charge in [-0.1, -0.05) is 0 Å². The summed E-state index contributed by atoms with van der Waals surface area (Å²) in [4.78, 5) is 14.6. The first-order valence-electron chi connectivity index (χ1n) is 8.91. The van der Waals surface area contributed by atoms with Crippen molar-refractivity contribution in [2.75, 3.05) is 45.3 Å². The van der Waals surface area contributed by atoms with Crippen LogP contribution in [0.3, 0.4) is 0 Å². The number of hydrogen-bond donors (Lipinski definition) is 3. The van der Waals surface area contributed by atoms with Crippen molar-refractivity contribution in [2.24, 2.45) is 0 Å². The molecule has 0 aromatic heterocycles. The molecule has 27 heavy (non-hydrogen) atoms. The van der Waals surface area contributed by atoms with Gasteiger partial charge >= 0.3 is 0 Å². The Labute approximate surface area is 159 Å².